The summed E-state index contributed by atoms with van der Waals surface area (Å²) in [6, 6.07) is 5.91. The molecule has 7 heteroatoms. The average molecular weight is 417 g/mol. The predicted octanol–water partition coefficient (Wildman–Crippen LogP) is 4.27. The molecule has 1 saturated heterocycles. The van der Waals surface area contributed by atoms with Crippen molar-refractivity contribution in [1.29, 1.82) is 0 Å². The summed E-state index contributed by atoms with van der Waals surface area (Å²) in [4.78, 5) is 26.5. The molecule has 4 aliphatic carbocycles. The van der Waals surface area contributed by atoms with E-state index in [1.807, 2.05) is 0 Å². The molecule has 1 heterocycles. The Balaban J connectivity index is 1.33. The minimum absolute atomic E-state index is 0.0501. The highest BCUT2D eigenvalue weighted by atomic mass is 32.2. The van der Waals surface area contributed by atoms with E-state index >= 15 is 0 Å². The van der Waals surface area contributed by atoms with Crippen LogP contribution < -0.4 is 5.43 Å². The Kier molecular flexibility index (Phi) is 4.36. The molecule has 4 saturated carbocycles. The second-order valence-corrected chi connectivity index (χ2v) is 10.4. The monoisotopic (exact) mass is 416 g/mol. The molecule has 5 aliphatic rings. The van der Waals surface area contributed by atoms with Gasteiger partial charge in [-0.1, -0.05) is 23.9 Å². The molecule has 0 unspecified atom stereocenters. The van der Waals surface area contributed by atoms with E-state index in [0.717, 1.165) is 31.0 Å². The van der Waals surface area contributed by atoms with E-state index in [9.17, 15) is 14.0 Å². The molecule has 0 spiro atoms. The van der Waals surface area contributed by atoms with Crippen molar-refractivity contribution in [2.24, 2.45) is 23.2 Å². The van der Waals surface area contributed by atoms with Crippen molar-refractivity contribution in [1.82, 2.24) is 10.4 Å². The number of benzene rings is 1. The van der Waals surface area contributed by atoms with Crippen LogP contribution in [0.25, 0.3) is 6.08 Å². The van der Waals surface area contributed by atoms with Gasteiger partial charge in [0.25, 0.3) is 5.91 Å². The number of carbonyl (C=O) groups is 2. The molecule has 0 atom stereocenters. The van der Waals surface area contributed by atoms with E-state index in [4.69, 9.17) is 12.2 Å². The van der Waals surface area contributed by atoms with Gasteiger partial charge in [-0.25, -0.2) is 4.39 Å². The number of carbonyl (C=O) groups excluding carboxylic acids is 2. The van der Waals surface area contributed by atoms with Crippen LogP contribution in [0.15, 0.2) is 29.2 Å². The molecule has 146 valence electrons. The Labute approximate surface area is 172 Å². The van der Waals surface area contributed by atoms with Crippen LogP contribution in [0.3, 0.4) is 0 Å². The van der Waals surface area contributed by atoms with Gasteiger partial charge in [-0.05, 0) is 92.3 Å². The van der Waals surface area contributed by atoms with Gasteiger partial charge in [0.2, 0.25) is 5.91 Å². The molecule has 1 aliphatic heterocycles. The van der Waals surface area contributed by atoms with Crippen molar-refractivity contribution < 1.29 is 14.0 Å². The first kappa shape index (κ1) is 18.3. The van der Waals surface area contributed by atoms with E-state index in [2.05, 4.69) is 5.43 Å². The van der Waals surface area contributed by atoms with E-state index in [-0.39, 0.29) is 23.0 Å². The molecule has 5 fully saturated rings. The Bertz CT molecular complexity index is 861. The van der Waals surface area contributed by atoms with E-state index < -0.39 is 0 Å². The smallest absolute Gasteiger partial charge is 0.273 e. The van der Waals surface area contributed by atoms with Crippen molar-refractivity contribution in [3.8, 4) is 0 Å². The number of hydrogen-bond acceptors (Lipinski definition) is 4. The maximum absolute atomic E-state index is 13.2. The zero-order chi connectivity index (χ0) is 19.5. The predicted molar refractivity (Wildman–Crippen MR) is 110 cm³/mol. The highest BCUT2D eigenvalue weighted by Gasteiger charge is 2.55. The van der Waals surface area contributed by atoms with E-state index in [1.54, 1.807) is 18.2 Å². The second-order valence-electron chi connectivity index (χ2n) is 8.71. The lowest BCUT2D eigenvalue weighted by Gasteiger charge is -2.55. The molecule has 4 nitrogen and oxygen atoms in total. The molecule has 4 bridgehead atoms. The number of nitrogens with one attached hydrogen (secondary N) is 1. The third-order valence-electron chi connectivity index (χ3n) is 6.69. The summed E-state index contributed by atoms with van der Waals surface area (Å²) in [6.07, 6.45) is 8.26. The summed E-state index contributed by atoms with van der Waals surface area (Å²) < 4.78 is 13.4. The Morgan fingerprint density at radius 2 is 1.71 bits per heavy atom. The quantitative estimate of drug-likeness (QED) is 0.590. The summed E-state index contributed by atoms with van der Waals surface area (Å²) >= 11 is 6.51. The lowest BCUT2D eigenvalue weighted by molar-refractivity contribution is -0.152. The SMILES string of the molecule is O=C1/C(=C\c2ccc(F)cc2)SC(=S)N1NC(=O)C12CC3CC(CC(C3)C1)C2. The number of halogens is 1. The molecule has 1 N–H and O–H groups in total. The Morgan fingerprint density at radius 3 is 2.29 bits per heavy atom. The third kappa shape index (κ3) is 3.08. The molecule has 28 heavy (non-hydrogen) atoms. The number of thiocarbonyl (C=S) groups is 1. The van der Waals surface area contributed by atoms with Gasteiger partial charge in [-0.15, -0.1) is 0 Å². The largest absolute Gasteiger partial charge is 0.285 e. The second kappa shape index (κ2) is 6.66. The van der Waals surface area contributed by atoms with Gasteiger partial charge in [0.1, 0.15) is 5.82 Å². The molecule has 6 rings (SSSR count). The van der Waals surface area contributed by atoms with Crippen molar-refractivity contribution in [2.75, 3.05) is 0 Å². The van der Waals surface area contributed by atoms with Gasteiger partial charge < -0.3 is 0 Å². The zero-order valence-corrected chi connectivity index (χ0v) is 17.0. The Hall–Kier alpha value is -1.73. The standard InChI is InChI=1S/C21H21FN2O2S2/c22-16-3-1-12(2-4-16)8-17-18(25)24(20(27)28-17)23-19(26)21-9-13-5-14(10-21)7-15(6-13)11-21/h1-4,8,13-15H,5-7,9-11H2,(H,23,26)/b17-8+. The number of rotatable bonds is 3. The van der Waals surface area contributed by atoms with Crippen LogP contribution in [0.5, 0.6) is 0 Å². The first-order valence-corrected chi connectivity index (χ1v) is 11.0. The fourth-order valence-electron chi connectivity index (χ4n) is 5.88. The number of hydrogen-bond donors (Lipinski definition) is 1. The summed E-state index contributed by atoms with van der Waals surface area (Å²) in [5.41, 5.74) is 3.22. The maximum atomic E-state index is 13.2. The molecular weight excluding hydrogens is 395 g/mol. The lowest BCUT2D eigenvalue weighted by Crippen LogP contribution is -2.57. The minimum atomic E-state index is -0.335. The maximum Gasteiger partial charge on any atom is 0.285 e. The van der Waals surface area contributed by atoms with Crippen LogP contribution in [0.4, 0.5) is 4.39 Å². The number of thioether (sulfide) groups is 1. The fraction of sp³-hybridized carbons (Fsp3) is 0.476. The van der Waals surface area contributed by atoms with Crippen LogP contribution in [0.1, 0.15) is 44.1 Å². The minimum Gasteiger partial charge on any atom is -0.273 e. The van der Waals surface area contributed by atoms with Crippen LogP contribution in [0.2, 0.25) is 0 Å². The topological polar surface area (TPSA) is 49.4 Å². The van der Waals surface area contributed by atoms with Crippen molar-refractivity contribution in [3.05, 3.63) is 40.6 Å². The first-order valence-electron chi connectivity index (χ1n) is 9.76. The Morgan fingerprint density at radius 1 is 1.14 bits per heavy atom. The number of nitrogens with zero attached hydrogens (tertiary/aromatic N) is 1. The van der Waals surface area contributed by atoms with Crippen LogP contribution in [0, 0.1) is 29.0 Å². The lowest BCUT2D eigenvalue weighted by atomic mass is 9.49. The first-order chi connectivity index (χ1) is 13.4. The fourth-order valence-corrected chi connectivity index (χ4v) is 7.06. The van der Waals surface area contributed by atoms with E-state index in [0.29, 0.717) is 32.5 Å². The van der Waals surface area contributed by atoms with Crippen molar-refractivity contribution >= 4 is 46.2 Å². The van der Waals surface area contributed by atoms with Gasteiger partial charge in [0.15, 0.2) is 4.32 Å². The van der Waals surface area contributed by atoms with Gasteiger partial charge >= 0.3 is 0 Å². The number of amides is 2. The summed E-state index contributed by atoms with van der Waals surface area (Å²) in [6.45, 7) is 0. The number of hydrazine groups is 1. The van der Waals surface area contributed by atoms with E-state index in [1.165, 1.54) is 36.4 Å². The third-order valence-corrected chi connectivity index (χ3v) is 8.00. The van der Waals surface area contributed by atoms with Gasteiger partial charge in [0, 0.05) is 0 Å². The van der Waals surface area contributed by atoms with Crippen LogP contribution in [-0.4, -0.2) is 21.1 Å². The van der Waals surface area contributed by atoms with Crippen molar-refractivity contribution in [2.45, 2.75) is 38.5 Å². The van der Waals surface area contributed by atoms with Crippen molar-refractivity contribution in [3.63, 3.8) is 0 Å². The average Bonchev–Trinajstić information content (AvgIpc) is 2.90. The molecular formula is C21H21FN2O2S2. The molecule has 0 aromatic heterocycles. The van der Waals surface area contributed by atoms with Crippen LogP contribution in [-0.2, 0) is 9.59 Å². The van der Waals surface area contributed by atoms with Gasteiger partial charge in [-0.2, -0.15) is 5.01 Å². The molecule has 0 radical (unpaired) electrons. The summed E-state index contributed by atoms with van der Waals surface area (Å²) in [5.74, 6) is 1.26. The van der Waals surface area contributed by atoms with Gasteiger partial charge in [0.05, 0.1) is 10.3 Å². The summed E-state index contributed by atoms with van der Waals surface area (Å²) in [7, 11) is 0. The van der Waals surface area contributed by atoms with Crippen LogP contribution >= 0.6 is 24.0 Å². The molecule has 2 amide bonds. The van der Waals surface area contributed by atoms with Gasteiger partial charge in [-0.3, -0.25) is 15.0 Å². The highest BCUT2D eigenvalue weighted by Crippen LogP contribution is 2.60. The molecule has 1 aromatic rings. The highest BCUT2D eigenvalue weighted by molar-refractivity contribution is 8.26. The molecule has 1 aromatic carbocycles. The summed E-state index contributed by atoms with van der Waals surface area (Å²) in [5, 5.41) is 1.22. The zero-order valence-electron chi connectivity index (χ0n) is 15.3. The normalized spacial score (nSPS) is 35.1.